The van der Waals surface area contributed by atoms with Gasteiger partial charge in [-0.1, -0.05) is 0 Å². The first-order valence-corrected chi connectivity index (χ1v) is 8.53. The lowest BCUT2D eigenvalue weighted by Crippen LogP contribution is -2.27. The lowest BCUT2D eigenvalue weighted by Gasteiger charge is -2.09. The van der Waals surface area contributed by atoms with Crippen LogP contribution < -0.4 is 10.6 Å². The standard InChI is InChI=1S/C17H15FIN3O3/c1-24-7-6-21-17(23)16-15(11-9-20-5-4-14(11)25-16)22-13-3-2-10(19)8-12(13)18/h2-5,8-9,22H,6-7H2,1H3,(H,21,23). The van der Waals surface area contributed by atoms with Crippen molar-refractivity contribution < 1.29 is 18.3 Å². The first-order chi connectivity index (χ1) is 12.1. The van der Waals surface area contributed by atoms with E-state index in [1.54, 1.807) is 37.7 Å². The summed E-state index contributed by atoms with van der Waals surface area (Å²) in [6.07, 6.45) is 3.13. The maximum atomic E-state index is 14.2. The second kappa shape index (κ2) is 7.79. The van der Waals surface area contributed by atoms with E-state index in [1.807, 2.05) is 22.6 Å². The molecule has 0 spiro atoms. The van der Waals surface area contributed by atoms with Crippen LogP contribution in [-0.2, 0) is 4.74 Å². The Morgan fingerprint density at radius 3 is 3.00 bits per heavy atom. The highest BCUT2D eigenvalue weighted by molar-refractivity contribution is 14.1. The molecule has 0 aliphatic carbocycles. The molecule has 0 unspecified atom stereocenters. The summed E-state index contributed by atoms with van der Waals surface area (Å²) in [6.45, 7) is 0.712. The van der Waals surface area contributed by atoms with Gasteiger partial charge in [0.05, 0.1) is 17.7 Å². The molecule has 8 heteroatoms. The van der Waals surface area contributed by atoms with Crippen LogP contribution in [0.2, 0.25) is 0 Å². The largest absolute Gasteiger partial charge is 0.448 e. The molecule has 0 saturated carbocycles. The third-order valence-corrected chi connectivity index (χ3v) is 4.15. The lowest BCUT2D eigenvalue weighted by atomic mass is 10.2. The molecule has 0 aliphatic heterocycles. The number of nitrogens with zero attached hydrogens (tertiary/aromatic N) is 1. The van der Waals surface area contributed by atoms with Crippen LogP contribution in [0, 0.1) is 9.39 Å². The van der Waals surface area contributed by atoms with Gasteiger partial charge in [-0.25, -0.2) is 4.39 Å². The van der Waals surface area contributed by atoms with Crippen molar-refractivity contribution in [1.82, 2.24) is 10.3 Å². The highest BCUT2D eigenvalue weighted by atomic mass is 127. The summed E-state index contributed by atoms with van der Waals surface area (Å²) < 4.78 is 25.5. The lowest BCUT2D eigenvalue weighted by molar-refractivity contribution is 0.0913. The van der Waals surface area contributed by atoms with Gasteiger partial charge in [-0.3, -0.25) is 9.78 Å². The Bertz CT molecular complexity index is 913. The van der Waals surface area contributed by atoms with E-state index >= 15 is 0 Å². The van der Waals surface area contributed by atoms with E-state index in [1.165, 1.54) is 6.07 Å². The molecule has 2 heterocycles. The van der Waals surface area contributed by atoms with Crippen molar-refractivity contribution in [1.29, 1.82) is 0 Å². The number of fused-ring (bicyclic) bond motifs is 1. The van der Waals surface area contributed by atoms with E-state index in [2.05, 4.69) is 15.6 Å². The number of amides is 1. The molecule has 0 atom stereocenters. The van der Waals surface area contributed by atoms with Crippen molar-refractivity contribution in [2.45, 2.75) is 0 Å². The molecule has 130 valence electrons. The van der Waals surface area contributed by atoms with Crippen molar-refractivity contribution >= 4 is 50.8 Å². The summed E-state index contributed by atoms with van der Waals surface area (Å²) in [5.41, 5.74) is 1.11. The molecule has 0 saturated heterocycles. The zero-order valence-electron chi connectivity index (χ0n) is 13.3. The zero-order chi connectivity index (χ0) is 17.8. The van der Waals surface area contributed by atoms with Gasteiger partial charge in [-0.15, -0.1) is 0 Å². The number of rotatable bonds is 6. The first kappa shape index (κ1) is 17.6. The van der Waals surface area contributed by atoms with E-state index in [4.69, 9.17) is 9.15 Å². The molecule has 3 rings (SSSR count). The van der Waals surface area contributed by atoms with Gasteiger partial charge in [0.1, 0.15) is 17.1 Å². The van der Waals surface area contributed by atoms with E-state index in [-0.39, 0.29) is 11.4 Å². The quantitative estimate of drug-likeness (QED) is 0.438. The molecule has 6 nitrogen and oxygen atoms in total. The smallest absolute Gasteiger partial charge is 0.289 e. The van der Waals surface area contributed by atoms with Crippen LogP contribution in [0.5, 0.6) is 0 Å². The summed E-state index contributed by atoms with van der Waals surface area (Å²) in [4.78, 5) is 16.5. The number of hydrogen-bond donors (Lipinski definition) is 2. The van der Waals surface area contributed by atoms with Gasteiger partial charge >= 0.3 is 0 Å². The molecule has 0 aliphatic rings. The molecular weight excluding hydrogens is 440 g/mol. The second-order valence-electron chi connectivity index (χ2n) is 5.18. The number of carbonyl (C=O) groups is 1. The summed E-state index contributed by atoms with van der Waals surface area (Å²) in [5, 5.41) is 6.25. The van der Waals surface area contributed by atoms with Crippen molar-refractivity contribution in [3.63, 3.8) is 0 Å². The van der Waals surface area contributed by atoms with Crippen LogP contribution in [0.3, 0.4) is 0 Å². The number of methoxy groups -OCH3 is 1. The van der Waals surface area contributed by atoms with Gasteiger partial charge < -0.3 is 19.8 Å². The number of benzene rings is 1. The molecule has 1 amide bonds. The summed E-state index contributed by atoms with van der Waals surface area (Å²) in [6, 6.07) is 6.43. The minimum atomic E-state index is -0.420. The molecule has 0 bridgehead atoms. The number of aromatic nitrogens is 1. The van der Waals surface area contributed by atoms with Crippen LogP contribution in [0.15, 0.2) is 41.1 Å². The van der Waals surface area contributed by atoms with Crippen molar-refractivity contribution in [3.05, 3.63) is 51.8 Å². The van der Waals surface area contributed by atoms with Gasteiger partial charge in [0, 0.05) is 29.6 Å². The van der Waals surface area contributed by atoms with E-state index in [9.17, 15) is 9.18 Å². The number of hydrogen-bond acceptors (Lipinski definition) is 5. The highest BCUT2D eigenvalue weighted by Gasteiger charge is 2.21. The fourth-order valence-corrected chi connectivity index (χ4v) is 2.75. The first-order valence-electron chi connectivity index (χ1n) is 7.46. The molecule has 25 heavy (non-hydrogen) atoms. The third kappa shape index (κ3) is 3.90. The van der Waals surface area contributed by atoms with E-state index in [0.717, 1.165) is 3.57 Å². The molecule has 0 fully saturated rings. The Hall–Kier alpha value is -2.20. The summed E-state index contributed by atoms with van der Waals surface area (Å²) in [5.74, 6) is -0.769. The number of anilines is 2. The molecule has 1 aromatic carbocycles. The Morgan fingerprint density at radius 2 is 2.24 bits per heavy atom. The van der Waals surface area contributed by atoms with Gasteiger partial charge in [-0.05, 0) is 46.9 Å². The van der Waals surface area contributed by atoms with Crippen LogP contribution >= 0.6 is 22.6 Å². The van der Waals surface area contributed by atoms with Crippen molar-refractivity contribution in [2.24, 2.45) is 0 Å². The Kier molecular flexibility index (Phi) is 5.49. The number of nitrogens with one attached hydrogen (secondary N) is 2. The van der Waals surface area contributed by atoms with Crippen LogP contribution in [-0.4, -0.2) is 31.2 Å². The van der Waals surface area contributed by atoms with Gasteiger partial charge in [0.25, 0.3) is 5.91 Å². The molecule has 3 aromatic rings. The number of ether oxygens (including phenoxy) is 1. The van der Waals surface area contributed by atoms with Crippen LogP contribution in [0.1, 0.15) is 10.6 Å². The normalized spacial score (nSPS) is 10.8. The number of furan rings is 1. The SMILES string of the molecule is COCCNC(=O)c1oc2ccncc2c1Nc1ccc(I)cc1F. The maximum Gasteiger partial charge on any atom is 0.289 e. The Morgan fingerprint density at radius 1 is 1.40 bits per heavy atom. The monoisotopic (exact) mass is 455 g/mol. The topological polar surface area (TPSA) is 76.4 Å². The van der Waals surface area contributed by atoms with E-state index in [0.29, 0.717) is 29.8 Å². The molecule has 2 N–H and O–H groups in total. The van der Waals surface area contributed by atoms with Crippen LogP contribution in [0.25, 0.3) is 11.0 Å². The van der Waals surface area contributed by atoms with Crippen molar-refractivity contribution in [2.75, 3.05) is 25.6 Å². The third-order valence-electron chi connectivity index (χ3n) is 3.48. The van der Waals surface area contributed by atoms with Crippen LogP contribution in [0.4, 0.5) is 15.8 Å². The summed E-state index contributed by atoms with van der Waals surface area (Å²) >= 11 is 2.03. The molecular formula is C17H15FIN3O3. The van der Waals surface area contributed by atoms with Gasteiger partial charge in [-0.2, -0.15) is 0 Å². The second-order valence-corrected chi connectivity index (χ2v) is 6.42. The van der Waals surface area contributed by atoms with Crippen molar-refractivity contribution in [3.8, 4) is 0 Å². The Labute approximate surface area is 156 Å². The average Bonchev–Trinajstić information content (AvgIpc) is 2.96. The number of pyridine rings is 1. The zero-order valence-corrected chi connectivity index (χ0v) is 15.5. The molecule has 2 aromatic heterocycles. The Balaban J connectivity index is 1.99. The summed E-state index contributed by atoms with van der Waals surface area (Å²) in [7, 11) is 1.55. The predicted molar refractivity (Wildman–Crippen MR) is 101 cm³/mol. The average molecular weight is 455 g/mol. The fraction of sp³-hybridized carbons (Fsp3) is 0.176. The minimum Gasteiger partial charge on any atom is -0.448 e. The van der Waals surface area contributed by atoms with Gasteiger partial charge in [0.2, 0.25) is 5.76 Å². The fourth-order valence-electron chi connectivity index (χ4n) is 2.30. The highest BCUT2D eigenvalue weighted by Crippen LogP contribution is 2.33. The maximum absolute atomic E-state index is 14.2. The van der Waals surface area contributed by atoms with E-state index < -0.39 is 11.7 Å². The number of halogens is 2. The predicted octanol–water partition coefficient (Wildman–Crippen LogP) is 3.69. The number of carbonyl (C=O) groups excluding carboxylic acids is 1. The van der Waals surface area contributed by atoms with Gasteiger partial charge in [0.15, 0.2) is 0 Å². The molecule has 0 radical (unpaired) electrons. The minimum absolute atomic E-state index is 0.0667.